The summed E-state index contributed by atoms with van der Waals surface area (Å²) in [5, 5.41) is 6.88. The van der Waals surface area contributed by atoms with Gasteiger partial charge in [-0.2, -0.15) is 0 Å². The number of nitrogens with one attached hydrogen (secondary N) is 2. The summed E-state index contributed by atoms with van der Waals surface area (Å²) in [6.45, 7) is 3.97. The van der Waals surface area contributed by atoms with Crippen molar-refractivity contribution in [1.29, 1.82) is 0 Å². The molecule has 1 aromatic rings. The fourth-order valence-corrected chi connectivity index (χ4v) is 2.89. The van der Waals surface area contributed by atoms with Gasteiger partial charge in [-0.05, 0) is 50.3 Å². The first kappa shape index (κ1) is 13.4. The van der Waals surface area contributed by atoms with E-state index in [4.69, 9.17) is 11.6 Å². The molecular formula is C15H18ClN3O. The molecule has 0 spiro atoms. The molecule has 0 bridgehead atoms. The lowest BCUT2D eigenvalue weighted by Crippen LogP contribution is -2.46. The quantitative estimate of drug-likeness (QED) is 0.899. The van der Waals surface area contributed by atoms with E-state index in [2.05, 4.69) is 15.6 Å². The van der Waals surface area contributed by atoms with Crippen molar-refractivity contribution in [2.45, 2.75) is 38.3 Å². The Labute approximate surface area is 123 Å². The van der Waals surface area contributed by atoms with Crippen LogP contribution in [0.4, 0.5) is 0 Å². The molecule has 3 rings (SSSR count). The van der Waals surface area contributed by atoms with Gasteiger partial charge < -0.3 is 5.32 Å². The third-order valence-electron chi connectivity index (χ3n) is 3.78. The van der Waals surface area contributed by atoms with Crippen LogP contribution in [0.2, 0.25) is 5.02 Å². The Kier molecular flexibility index (Phi) is 3.21. The number of rotatable bonds is 3. The van der Waals surface area contributed by atoms with Gasteiger partial charge >= 0.3 is 0 Å². The van der Waals surface area contributed by atoms with Crippen LogP contribution >= 0.6 is 11.6 Å². The molecule has 106 valence electrons. The van der Waals surface area contributed by atoms with Crippen LogP contribution in [0.15, 0.2) is 29.3 Å². The van der Waals surface area contributed by atoms with Gasteiger partial charge in [0.2, 0.25) is 0 Å². The van der Waals surface area contributed by atoms with Gasteiger partial charge in [0.25, 0.3) is 5.91 Å². The Hall–Kier alpha value is -1.55. The Balaban J connectivity index is 2.01. The summed E-state index contributed by atoms with van der Waals surface area (Å²) in [4.78, 5) is 17.0. The summed E-state index contributed by atoms with van der Waals surface area (Å²) in [5.74, 6) is 0.886. The lowest BCUT2D eigenvalue weighted by Gasteiger charge is -2.27. The number of hydrogen-bond acceptors (Lipinski definition) is 2. The van der Waals surface area contributed by atoms with Crippen LogP contribution in [0, 0.1) is 5.92 Å². The average Bonchev–Trinajstić information content (AvgIpc) is 3.16. The zero-order chi connectivity index (χ0) is 14.3. The monoisotopic (exact) mass is 291 g/mol. The van der Waals surface area contributed by atoms with Crippen LogP contribution in [0.3, 0.4) is 0 Å². The second-order valence-electron chi connectivity index (χ2n) is 5.74. The number of nitrogens with zero attached hydrogens (tertiary/aromatic N) is 1. The maximum Gasteiger partial charge on any atom is 0.257 e. The van der Waals surface area contributed by atoms with Crippen LogP contribution in [-0.2, 0) is 10.3 Å². The highest BCUT2D eigenvalue weighted by atomic mass is 35.5. The lowest BCUT2D eigenvalue weighted by molar-refractivity contribution is -0.125. The number of carbonyl (C=O) groups excluding carboxylic acids is 1. The first-order valence-electron chi connectivity index (χ1n) is 6.96. The second-order valence-corrected chi connectivity index (χ2v) is 6.18. The molecular weight excluding hydrogens is 274 g/mol. The standard InChI is InChI=1S/C15H18ClN3O/c1-9(2)17-14-18-13(20)15(19-14,10-3-4-10)11-5-7-12(16)8-6-11/h5-10H,3-4H2,1-2H3,(H2,17,18,19,20). The lowest BCUT2D eigenvalue weighted by atomic mass is 9.85. The van der Waals surface area contributed by atoms with Crippen molar-refractivity contribution < 1.29 is 4.79 Å². The number of guanidine groups is 1. The van der Waals surface area contributed by atoms with E-state index in [1.54, 1.807) is 0 Å². The van der Waals surface area contributed by atoms with Crippen molar-refractivity contribution in [3.63, 3.8) is 0 Å². The van der Waals surface area contributed by atoms with Crippen molar-refractivity contribution in [2.24, 2.45) is 10.9 Å². The summed E-state index contributed by atoms with van der Waals surface area (Å²) in [5.41, 5.74) is 0.272. The molecule has 2 fully saturated rings. The number of amides is 1. The highest BCUT2D eigenvalue weighted by molar-refractivity contribution is 6.30. The Morgan fingerprint density at radius 3 is 2.50 bits per heavy atom. The first-order valence-corrected chi connectivity index (χ1v) is 7.33. The van der Waals surface area contributed by atoms with Gasteiger partial charge in [0, 0.05) is 11.1 Å². The van der Waals surface area contributed by atoms with Crippen molar-refractivity contribution in [3.8, 4) is 0 Å². The number of hydrogen-bond donors (Lipinski definition) is 2. The van der Waals surface area contributed by atoms with Gasteiger partial charge in [0.1, 0.15) is 5.54 Å². The maximum atomic E-state index is 12.6. The first-order chi connectivity index (χ1) is 9.52. The van der Waals surface area contributed by atoms with E-state index >= 15 is 0 Å². The molecule has 1 heterocycles. The Morgan fingerprint density at radius 2 is 1.95 bits per heavy atom. The third-order valence-corrected chi connectivity index (χ3v) is 4.03. The van der Waals surface area contributed by atoms with E-state index in [0.717, 1.165) is 18.4 Å². The molecule has 2 aliphatic rings. The molecule has 1 saturated heterocycles. The van der Waals surface area contributed by atoms with Crippen LogP contribution in [-0.4, -0.2) is 17.9 Å². The minimum atomic E-state index is -0.682. The van der Waals surface area contributed by atoms with Crippen LogP contribution in [0.25, 0.3) is 0 Å². The molecule has 1 atom stereocenters. The number of carbonyl (C=O) groups is 1. The maximum absolute atomic E-state index is 12.6. The number of halogens is 1. The van der Waals surface area contributed by atoms with E-state index < -0.39 is 5.54 Å². The van der Waals surface area contributed by atoms with Crippen LogP contribution in [0.5, 0.6) is 0 Å². The normalized spacial score (nSPS) is 27.8. The summed E-state index contributed by atoms with van der Waals surface area (Å²) >= 11 is 5.95. The van der Waals surface area contributed by atoms with Crippen LogP contribution < -0.4 is 10.6 Å². The molecule has 1 saturated carbocycles. The summed E-state index contributed by atoms with van der Waals surface area (Å²) < 4.78 is 0. The van der Waals surface area contributed by atoms with Gasteiger partial charge in [0.15, 0.2) is 5.96 Å². The molecule has 5 heteroatoms. The zero-order valence-electron chi connectivity index (χ0n) is 11.6. The number of aliphatic imine (C=N–C) groups is 1. The van der Waals surface area contributed by atoms with Crippen LogP contribution in [0.1, 0.15) is 32.3 Å². The SMILES string of the molecule is CC(C)N=C1NC(=O)C(c2ccc(Cl)cc2)(C2CC2)N1. The van der Waals surface area contributed by atoms with Crippen molar-refractivity contribution in [2.75, 3.05) is 0 Å². The third kappa shape index (κ3) is 2.18. The summed E-state index contributed by atoms with van der Waals surface area (Å²) in [7, 11) is 0. The van der Waals surface area contributed by atoms with Gasteiger partial charge in [-0.25, -0.2) is 0 Å². The smallest absolute Gasteiger partial charge is 0.257 e. The van der Waals surface area contributed by atoms with Gasteiger partial charge in [0.05, 0.1) is 0 Å². The van der Waals surface area contributed by atoms with E-state index in [0.29, 0.717) is 16.9 Å². The molecule has 4 nitrogen and oxygen atoms in total. The molecule has 0 aromatic heterocycles. The highest BCUT2D eigenvalue weighted by Gasteiger charge is 2.56. The van der Waals surface area contributed by atoms with Crippen molar-refractivity contribution in [1.82, 2.24) is 10.6 Å². The number of benzene rings is 1. The topological polar surface area (TPSA) is 53.5 Å². The molecule has 1 unspecified atom stereocenters. The predicted octanol–water partition coefficient (Wildman–Crippen LogP) is 2.43. The van der Waals surface area contributed by atoms with Gasteiger partial charge in [-0.1, -0.05) is 23.7 Å². The summed E-state index contributed by atoms with van der Waals surface area (Å²) in [6.07, 6.45) is 2.11. The van der Waals surface area contributed by atoms with E-state index in [1.165, 1.54) is 0 Å². The van der Waals surface area contributed by atoms with Gasteiger partial charge in [-0.3, -0.25) is 15.1 Å². The largest absolute Gasteiger partial charge is 0.338 e. The van der Waals surface area contributed by atoms with Gasteiger partial charge in [-0.15, -0.1) is 0 Å². The predicted molar refractivity (Wildman–Crippen MR) is 79.7 cm³/mol. The minimum absolute atomic E-state index is 0.0123. The Morgan fingerprint density at radius 1 is 1.30 bits per heavy atom. The summed E-state index contributed by atoms with van der Waals surface area (Å²) in [6, 6.07) is 7.64. The Bertz CT molecular complexity index is 563. The molecule has 20 heavy (non-hydrogen) atoms. The van der Waals surface area contributed by atoms with E-state index in [1.807, 2.05) is 38.1 Å². The molecule has 1 aliphatic heterocycles. The molecule has 2 N–H and O–H groups in total. The molecule has 1 aliphatic carbocycles. The fraction of sp³-hybridized carbons (Fsp3) is 0.467. The molecule has 1 aromatic carbocycles. The molecule has 0 radical (unpaired) electrons. The minimum Gasteiger partial charge on any atom is -0.338 e. The second kappa shape index (κ2) is 4.77. The molecule has 1 amide bonds. The zero-order valence-corrected chi connectivity index (χ0v) is 12.4. The average molecular weight is 292 g/mol. The van der Waals surface area contributed by atoms with E-state index in [-0.39, 0.29) is 11.9 Å². The van der Waals surface area contributed by atoms with Crippen molar-refractivity contribution >= 4 is 23.5 Å². The highest BCUT2D eigenvalue weighted by Crippen LogP contribution is 2.47. The fourth-order valence-electron chi connectivity index (χ4n) is 2.76. The van der Waals surface area contributed by atoms with E-state index in [9.17, 15) is 4.79 Å². The van der Waals surface area contributed by atoms with Crippen molar-refractivity contribution in [3.05, 3.63) is 34.9 Å².